The number of benzene rings is 1. The van der Waals surface area contributed by atoms with E-state index in [9.17, 15) is 9.90 Å². The van der Waals surface area contributed by atoms with E-state index >= 15 is 0 Å². The molecule has 2 saturated heterocycles. The van der Waals surface area contributed by atoms with Gasteiger partial charge in [0.2, 0.25) is 0 Å². The van der Waals surface area contributed by atoms with Crippen molar-refractivity contribution in [2.45, 2.75) is 51.2 Å². The Hall–Kier alpha value is -2.09. The van der Waals surface area contributed by atoms with Crippen LogP contribution < -0.4 is 4.90 Å². The Morgan fingerprint density at radius 2 is 1.88 bits per heavy atom. The average Bonchev–Trinajstić information content (AvgIpc) is 3.37. The molecule has 3 heterocycles. The minimum Gasteiger partial charge on any atom is -0.393 e. The summed E-state index contributed by atoms with van der Waals surface area (Å²) in [5, 5.41) is 15.5. The summed E-state index contributed by atoms with van der Waals surface area (Å²) in [4.78, 5) is 20.2. The van der Waals surface area contributed by atoms with Crippen LogP contribution in [0.25, 0.3) is 0 Å². The van der Waals surface area contributed by atoms with E-state index in [1.54, 1.807) is 0 Å². The molecule has 2 aliphatic carbocycles. The van der Waals surface area contributed by atoms with E-state index < -0.39 is 0 Å². The monoisotopic (exact) mass is 483 g/mol. The Balaban J connectivity index is 1.11. The third-order valence-corrected chi connectivity index (χ3v) is 8.79. The zero-order valence-corrected chi connectivity index (χ0v) is 20.7. The van der Waals surface area contributed by atoms with Crippen molar-refractivity contribution in [3.05, 3.63) is 45.7 Å². The zero-order chi connectivity index (χ0) is 23.4. The van der Waals surface area contributed by atoms with E-state index in [0.717, 1.165) is 62.2 Å². The summed E-state index contributed by atoms with van der Waals surface area (Å²) in [7, 11) is 0. The number of halogens is 1. The number of aliphatic hydroxyl groups excluding tert-OH is 1. The Kier molecular flexibility index (Phi) is 5.82. The van der Waals surface area contributed by atoms with Crippen LogP contribution in [-0.2, 0) is 13.0 Å². The first-order valence-electron chi connectivity index (χ1n) is 12.8. The van der Waals surface area contributed by atoms with E-state index in [0.29, 0.717) is 37.5 Å². The van der Waals surface area contributed by atoms with Gasteiger partial charge in [0.15, 0.2) is 5.69 Å². The highest BCUT2D eigenvalue weighted by Gasteiger charge is 2.50. The normalized spacial score (nSPS) is 24.9. The quantitative estimate of drug-likeness (QED) is 0.708. The number of aromatic nitrogens is 2. The molecule has 2 aliphatic heterocycles. The second-order valence-corrected chi connectivity index (χ2v) is 10.9. The highest BCUT2D eigenvalue weighted by Crippen LogP contribution is 2.57. The Morgan fingerprint density at radius 1 is 1.12 bits per heavy atom. The van der Waals surface area contributed by atoms with Crippen LogP contribution in [0.4, 0.5) is 5.69 Å². The summed E-state index contributed by atoms with van der Waals surface area (Å²) >= 11 is 6.33. The number of piperazine rings is 1. The van der Waals surface area contributed by atoms with Gasteiger partial charge in [-0.1, -0.05) is 17.7 Å². The van der Waals surface area contributed by atoms with Crippen molar-refractivity contribution >= 4 is 23.2 Å². The fourth-order valence-electron chi connectivity index (χ4n) is 6.14. The second kappa shape index (κ2) is 8.85. The molecule has 34 heavy (non-hydrogen) atoms. The van der Waals surface area contributed by atoms with E-state index in [4.69, 9.17) is 16.7 Å². The van der Waals surface area contributed by atoms with Crippen molar-refractivity contribution < 1.29 is 9.90 Å². The molecule has 0 radical (unpaired) electrons. The predicted molar refractivity (Wildman–Crippen MR) is 133 cm³/mol. The molecule has 1 amide bonds. The smallest absolute Gasteiger partial charge is 0.274 e. The van der Waals surface area contributed by atoms with E-state index in [1.165, 1.54) is 23.4 Å². The van der Waals surface area contributed by atoms with Gasteiger partial charge in [0.1, 0.15) is 0 Å². The summed E-state index contributed by atoms with van der Waals surface area (Å²) < 4.78 is 2.14. The van der Waals surface area contributed by atoms with Crippen LogP contribution in [0.5, 0.6) is 0 Å². The molecule has 182 valence electrons. The van der Waals surface area contributed by atoms with Gasteiger partial charge in [-0.3, -0.25) is 14.4 Å². The Labute approximate surface area is 206 Å². The highest BCUT2D eigenvalue weighted by molar-refractivity contribution is 6.31. The minimum absolute atomic E-state index is 0.0694. The SMILES string of the molecule is Cc1c(Cl)cccc1N1CCN(CCn2nc(C(=O)N3CCC(O)CC3)c3c2C[C@H]2C[C@@H]32)CC1. The van der Waals surface area contributed by atoms with Crippen LogP contribution in [0.3, 0.4) is 0 Å². The molecule has 2 aromatic rings. The first kappa shape index (κ1) is 22.4. The van der Waals surface area contributed by atoms with E-state index in [2.05, 4.69) is 27.5 Å². The molecule has 1 aromatic carbocycles. The van der Waals surface area contributed by atoms with Crippen LogP contribution >= 0.6 is 11.6 Å². The van der Waals surface area contributed by atoms with Gasteiger partial charge < -0.3 is 14.9 Å². The topological polar surface area (TPSA) is 64.8 Å². The van der Waals surface area contributed by atoms with Crippen molar-refractivity contribution in [2.24, 2.45) is 5.92 Å². The fourth-order valence-corrected chi connectivity index (χ4v) is 6.31. The predicted octanol–water partition coefficient (Wildman–Crippen LogP) is 2.92. The zero-order valence-electron chi connectivity index (χ0n) is 19.9. The Morgan fingerprint density at radius 3 is 2.65 bits per heavy atom. The van der Waals surface area contributed by atoms with Crippen LogP contribution in [-0.4, -0.2) is 82.5 Å². The third-order valence-electron chi connectivity index (χ3n) is 8.38. The molecule has 1 N–H and O–H groups in total. The molecule has 6 rings (SSSR count). The van der Waals surface area contributed by atoms with Crippen LogP contribution in [0.1, 0.15) is 52.5 Å². The summed E-state index contributed by atoms with van der Waals surface area (Å²) in [6.07, 6.45) is 3.34. The largest absolute Gasteiger partial charge is 0.393 e. The lowest BCUT2D eigenvalue weighted by atomic mass is 10.1. The number of rotatable bonds is 5. The molecule has 0 unspecified atom stereocenters. The summed E-state index contributed by atoms with van der Waals surface area (Å²) in [6.45, 7) is 9.17. The van der Waals surface area contributed by atoms with Crippen molar-refractivity contribution in [1.82, 2.24) is 19.6 Å². The molecule has 0 spiro atoms. The number of aliphatic hydroxyl groups is 1. The maximum absolute atomic E-state index is 13.3. The van der Waals surface area contributed by atoms with Gasteiger partial charge in [0, 0.05) is 67.8 Å². The number of amides is 1. The number of carbonyl (C=O) groups excluding carboxylic acids is 1. The molecular weight excluding hydrogens is 450 g/mol. The van der Waals surface area contributed by atoms with Gasteiger partial charge in [0.05, 0.1) is 12.6 Å². The lowest BCUT2D eigenvalue weighted by molar-refractivity contribution is 0.0539. The number of carbonyl (C=O) groups is 1. The van der Waals surface area contributed by atoms with Gasteiger partial charge >= 0.3 is 0 Å². The molecule has 4 aliphatic rings. The average molecular weight is 484 g/mol. The number of fused-ring (bicyclic) bond motifs is 3. The summed E-state index contributed by atoms with van der Waals surface area (Å²) in [5.41, 5.74) is 5.63. The van der Waals surface area contributed by atoms with Gasteiger partial charge in [-0.15, -0.1) is 0 Å². The molecule has 8 heteroatoms. The van der Waals surface area contributed by atoms with Crippen LogP contribution in [0, 0.1) is 12.8 Å². The van der Waals surface area contributed by atoms with Crippen LogP contribution in [0.2, 0.25) is 5.02 Å². The standard InChI is InChI=1S/C26H34ClN5O2/c1-17-21(27)3-2-4-22(17)30-12-9-29(10-13-30)11-14-32-23-16-18-15-20(18)24(23)25(28-32)26(34)31-7-5-19(33)6-8-31/h2-4,18-20,33H,5-16H2,1H3/t18-,20-/m1/s1. The van der Waals surface area contributed by atoms with Gasteiger partial charge in [-0.2, -0.15) is 5.10 Å². The Bertz CT molecular complexity index is 1090. The number of nitrogens with zero attached hydrogens (tertiary/aromatic N) is 5. The van der Waals surface area contributed by atoms with Crippen molar-refractivity contribution in [1.29, 1.82) is 0 Å². The van der Waals surface area contributed by atoms with Crippen molar-refractivity contribution in [3.8, 4) is 0 Å². The molecule has 0 bridgehead atoms. The maximum Gasteiger partial charge on any atom is 0.274 e. The molecule has 2 atom stereocenters. The minimum atomic E-state index is -0.275. The first-order valence-corrected chi connectivity index (χ1v) is 13.2. The number of likely N-dealkylation sites (tertiary alicyclic amines) is 1. The first-order chi connectivity index (χ1) is 16.5. The maximum atomic E-state index is 13.3. The number of hydrogen-bond acceptors (Lipinski definition) is 5. The summed E-state index contributed by atoms with van der Waals surface area (Å²) in [5.74, 6) is 1.33. The van der Waals surface area contributed by atoms with E-state index in [-0.39, 0.29) is 12.0 Å². The summed E-state index contributed by atoms with van der Waals surface area (Å²) in [6, 6.07) is 6.15. The lowest BCUT2D eigenvalue weighted by Gasteiger charge is -2.37. The van der Waals surface area contributed by atoms with E-state index in [1.807, 2.05) is 17.0 Å². The van der Waals surface area contributed by atoms with Gasteiger partial charge in [0.25, 0.3) is 5.91 Å². The molecule has 1 saturated carbocycles. The van der Waals surface area contributed by atoms with Gasteiger partial charge in [-0.05, 0) is 62.1 Å². The second-order valence-electron chi connectivity index (χ2n) is 10.5. The molecular formula is C26H34ClN5O2. The van der Waals surface area contributed by atoms with Crippen molar-refractivity contribution in [2.75, 3.05) is 50.7 Å². The number of anilines is 1. The van der Waals surface area contributed by atoms with Crippen molar-refractivity contribution in [3.63, 3.8) is 0 Å². The van der Waals surface area contributed by atoms with Crippen LogP contribution in [0.15, 0.2) is 18.2 Å². The fraction of sp³-hybridized carbons (Fsp3) is 0.615. The molecule has 3 fully saturated rings. The van der Waals surface area contributed by atoms with Gasteiger partial charge in [-0.25, -0.2) is 0 Å². The number of piperidine rings is 1. The molecule has 1 aromatic heterocycles. The third kappa shape index (κ3) is 4.01. The molecule has 7 nitrogen and oxygen atoms in total. The highest BCUT2D eigenvalue weighted by atomic mass is 35.5. The number of hydrogen-bond donors (Lipinski definition) is 1. The lowest BCUT2D eigenvalue weighted by Crippen LogP contribution is -2.47.